The van der Waals surface area contributed by atoms with Gasteiger partial charge in [0.1, 0.15) is 12.6 Å². The van der Waals surface area contributed by atoms with E-state index in [0.29, 0.717) is 5.69 Å². The molecule has 1 atom stereocenters. The van der Waals surface area contributed by atoms with Crippen molar-refractivity contribution in [2.45, 2.75) is 51.2 Å². The van der Waals surface area contributed by atoms with E-state index < -0.39 is 28.5 Å². The van der Waals surface area contributed by atoms with Gasteiger partial charge in [0.2, 0.25) is 11.8 Å². The minimum atomic E-state index is -4.09. The summed E-state index contributed by atoms with van der Waals surface area (Å²) in [5.74, 6) is -0.824. The number of sulfonamides is 1. The molecule has 3 rings (SSSR count). The molecule has 0 unspecified atom stereocenters. The molecular formula is C28H31Br2N3O4S. The number of nitrogens with one attached hydrogen (secondary N) is 1. The molecule has 2 amide bonds. The van der Waals surface area contributed by atoms with Crippen LogP contribution >= 0.6 is 31.9 Å². The molecule has 3 aromatic rings. The van der Waals surface area contributed by atoms with Crippen molar-refractivity contribution in [3.63, 3.8) is 0 Å². The number of carbonyl (C=O) groups excluding carboxylic acids is 2. The average Bonchev–Trinajstić information content (AvgIpc) is 2.86. The Labute approximate surface area is 241 Å². The average molecular weight is 665 g/mol. The van der Waals surface area contributed by atoms with E-state index in [4.69, 9.17) is 0 Å². The summed E-state index contributed by atoms with van der Waals surface area (Å²) in [5, 5.41) is 2.85. The summed E-state index contributed by atoms with van der Waals surface area (Å²) >= 11 is 6.83. The van der Waals surface area contributed by atoms with E-state index in [1.165, 1.54) is 17.0 Å². The third kappa shape index (κ3) is 7.68. The molecule has 0 bridgehead atoms. The van der Waals surface area contributed by atoms with Crippen LogP contribution in [0.25, 0.3) is 0 Å². The largest absolute Gasteiger partial charge is 0.352 e. The molecular weight excluding hydrogens is 634 g/mol. The fraction of sp³-hybridized carbons (Fsp3) is 0.286. The van der Waals surface area contributed by atoms with Crippen LogP contribution in [0.1, 0.15) is 31.9 Å². The Morgan fingerprint density at radius 1 is 0.895 bits per heavy atom. The van der Waals surface area contributed by atoms with Crippen molar-refractivity contribution in [2.24, 2.45) is 0 Å². The fourth-order valence-electron chi connectivity index (χ4n) is 3.79. The standard InChI is InChI=1S/C28H31Br2N3O4S/c1-19(2)31-28(35)21(4)32(17-22-6-5-7-24(30)16-22)27(34)18-33(25-12-10-23(29)11-13-25)38(36,37)26-14-8-20(3)9-15-26/h5-16,19,21H,17-18H2,1-4H3,(H,31,35)/t21-/m0/s1. The molecule has 0 aliphatic carbocycles. The molecule has 0 aliphatic heterocycles. The van der Waals surface area contributed by atoms with E-state index in [1.807, 2.05) is 45.0 Å². The number of carbonyl (C=O) groups is 2. The zero-order chi connectivity index (χ0) is 28.0. The smallest absolute Gasteiger partial charge is 0.264 e. The molecule has 10 heteroatoms. The number of halogens is 2. The topological polar surface area (TPSA) is 86.8 Å². The number of aryl methyl sites for hydroxylation is 1. The Balaban J connectivity index is 2.02. The van der Waals surface area contributed by atoms with Crippen LogP contribution in [0, 0.1) is 6.92 Å². The van der Waals surface area contributed by atoms with Gasteiger partial charge in [-0.2, -0.15) is 0 Å². The molecule has 0 heterocycles. The van der Waals surface area contributed by atoms with E-state index in [2.05, 4.69) is 37.2 Å². The number of hydrogen-bond acceptors (Lipinski definition) is 4. The van der Waals surface area contributed by atoms with Crippen LogP contribution in [0.15, 0.2) is 86.6 Å². The molecule has 0 aliphatic rings. The quantitative estimate of drug-likeness (QED) is 0.303. The van der Waals surface area contributed by atoms with Crippen molar-refractivity contribution in [1.29, 1.82) is 0 Å². The lowest BCUT2D eigenvalue weighted by Gasteiger charge is -2.32. The Morgan fingerprint density at radius 2 is 1.53 bits per heavy atom. The predicted molar refractivity (Wildman–Crippen MR) is 157 cm³/mol. The van der Waals surface area contributed by atoms with Gasteiger partial charge in [0.25, 0.3) is 10.0 Å². The van der Waals surface area contributed by atoms with Crippen molar-refractivity contribution in [3.8, 4) is 0 Å². The van der Waals surface area contributed by atoms with Gasteiger partial charge in [0.15, 0.2) is 0 Å². The molecule has 38 heavy (non-hydrogen) atoms. The third-order valence-electron chi connectivity index (χ3n) is 5.84. The molecule has 1 N–H and O–H groups in total. The first-order valence-electron chi connectivity index (χ1n) is 12.1. The number of anilines is 1. The maximum absolute atomic E-state index is 13.9. The van der Waals surface area contributed by atoms with Gasteiger partial charge in [-0.05, 0) is 81.8 Å². The van der Waals surface area contributed by atoms with Crippen molar-refractivity contribution in [1.82, 2.24) is 10.2 Å². The summed E-state index contributed by atoms with van der Waals surface area (Å²) in [6.07, 6.45) is 0. The molecule has 0 aromatic heterocycles. The number of hydrogen-bond donors (Lipinski definition) is 1. The van der Waals surface area contributed by atoms with Crippen LogP contribution in [-0.4, -0.2) is 43.8 Å². The van der Waals surface area contributed by atoms with Crippen LogP contribution in [0.4, 0.5) is 5.69 Å². The summed E-state index contributed by atoms with van der Waals surface area (Å²) in [5.41, 5.74) is 2.05. The number of amides is 2. The lowest BCUT2D eigenvalue weighted by molar-refractivity contribution is -0.139. The van der Waals surface area contributed by atoms with Crippen LogP contribution in [0.5, 0.6) is 0 Å². The molecule has 7 nitrogen and oxygen atoms in total. The van der Waals surface area contributed by atoms with Crippen LogP contribution in [-0.2, 0) is 26.2 Å². The Kier molecular flexibility index (Phi) is 10.1. The summed E-state index contributed by atoms with van der Waals surface area (Å²) in [7, 11) is -4.09. The first-order valence-corrected chi connectivity index (χ1v) is 15.1. The zero-order valence-corrected chi connectivity index (χ0v) is 25.7. The van der Waals surface area contributed by atoms with Crippen molar-refractivity contribution >= 4 is 59.4 Å². The van der Waals surface area contributed by atoms with Crippen LogP contribution in [0.3, 0.4) is 0 Å². The predicted octanol–water partition coefficient (Wildman–Crippen LogP) is 5.66. The second-order valence-electron chi connectivity index (χ2n) is 9.29. The van der Waals surface area contributed by atoms with E-state index >= 15 is 0 Å². The second kappa shape index (κ2) is 12.9. The van der Waals surface area contributed by atoms with Gasteiger partial charge in [-0.25, -0.2) is 8.42 Å². The van der Waals surface area contributed by atoms with Crippen LogP contribution < -0.4 is 9.62 Å². The van der Waals surface area contributed by atoms with Gasteiger partial charge in [-0.1, -0.05) is 61.7 Å². The molecule has 0 fully saturated rings. The maximum atomic E-state index is 13.9. The summed E-state index contributed by atoms with van der Waals surface area (Å²) in [6.45, 7) is 6.85. The van der Waals surface area contributed by atoms with Gasteiger partial charge in [0, 0.05) is 21.5 Å². The van der Waals surface area contributed by atoms with Gasteiger partial charge in [0.05, 0.1) is 10.6 Å². The van der Waals surface area contributed by atoms with Gasteiger partial charge >= 0.3 is 0 Å². The molecule has 0 saturated heterocycles. The molecule has 3 aromatic carbocycles. The molecule has 0 saturated carbocycles. The number of nitrogens with zero attached hydrogens (tertiary/aromatic N) is 2. The highest BCUT2D eigenvalue weighted by Gasteiger charge is 2.32. The highest BCUT2D eigenvalue weighted by Crippen LogP contribution is 2.26. The first kappa shape index (κ1) is 29.9. The van der Waals surface area contributed by atoms with Gasteiger partial charge in [-0.3, -0.25) is 13.9 Å². The first-order chi connectivity index (χ1) is 17.9. The fourth-order valence-corrected chi connectivity index (χ4v) is 5.92. The molecule has 202 valence electrons. The monoisotopic (exact) mass is 663 g/mol. The Bertz CT molecular complexity index is 1380. The number of benzene rings is 3. The van der Waals surface area contributed by atoms with Crippen molar-refractivity contribution in [2.75, 3.05) is 10.8 Å². The molecule has 0 radical (unpaired) electrons. The SMILES string of the molecule is Cc1ccc(S(=O)(=O)N(CC(=O)N(Cc2cccc(Br)c2)[C@@H](C)C(=O)NC(C)C)c2ccc(Br)cc2)cc1. The third-order valence-corrected chi connectivity index (χ3v) is 8.65. The number of rotatable bonds is 10. The van der Waals surface area contributed by atoms with Gasteiger partial charge in [-0.15, -0.1) is 0 Å². The highest BCUT2D eigenvalue weighted by molar-refractivity contribution is 9.10. The van der Waals surface area contributed by atoms with E-state index in [1.54, 1.807) is 43.3 Å². The minimum Gasteiger partial charge on any atom is -0.352 e. The van der Waals surface area contributed by atoms with Gasteiger partial charge < -0.3 is 10.2 Å². The van der Waals surface area contributed by atoms with E-state index in [0.717, 1.165) is 24.4 Å². The highest BCUT2D eigenvalue weighted by atomic mass is 79.9. The summed E-state index contributed by atoms with van der Waals surface area (Å²) < 4.78 is 30.3. The minimum absolute atomic E-state index is 0.0722. The maximum Gasteiger partial charge on any atom is 0.264 e. The zero-order valence-electron chi connectivity index (χ0n) is 21.7. The second-order valence-corrected chi connectivity index (χ2v) is 13.0. The van der Waals surface area contributed by atoms with Crippen LogP contribution in [0.2, 0.25) is 0 Å². The normalized spacial score (nSPS) is 12.2. The lowest BCUT2D eigenvalue weighted by atomic mass is 10.1. The molecule has 0 spiro atoms. The van der Waals surface area contributed by atoms with Crippen molar-refractivity contribution < 1.29 is 18.0 Å². The summed E-state index contributed by atoms with van der Waals surface area (Å²) in [6, 6.07) is 19.7. The van der Waals surface area contributed by atoms with Crippen molar-refractivity contribution in [3.05, 3.63) is 92.9 Å². The Hall–Kier alpha value is -2.69. The van der Waals surface area contributed by atoms with E-state index in [9.17, 15) is 18.0 Å². The summed E-state index contributed by atoms with van der Waals surface area (Å²) in [4.78, 5) is 28.3. The van der Waals surface area contributed by atoms with E-state index in [-0.39, 0.29) is 23.4 Å². The lowest BCUT2D eigenvalue weighted by Crippen LogP contribution is -2.52. The Morgan fingerprint density at radius 3 is 2.11 bits per heavy atom.